The Bertz CT molecular complexity index is 1200. The van der Waals surface area contributed by atoms with Crippen LogP contribution in [-0.4, -0.2) is 78.7 Å². The molecule has 3 amide bonds. The molecule has 0 heterocycles. The number of amides is 3. The molecule has 0 aliphatic carbocycles. The summed E-state index contributed by atoms with van der Waals surface area (Å²) >= 11 is 5.00. The maximum atomic E-state index is 12.9. The van der Waals surface area contributed by atoms with E-state index in [0.29, 0.717) is 12.1 Å². The van der Waals surface area contributed by atoms with Crippen molar-refractivity contribution in [2.45, 2.75) is 92.4 Å². The van der Waals surface area contributed by atoms with Crippen molar-refractivity contribution >= 4 is 40.9 Å². The average Bonchev–Trinajstić information content (AvgIpc) is 2.81. The van der Waals surface area contributed by atoms with Gasteiger partial charge >= 0.3 is 18.4 Å². The van der Waals surface area contributed by atoms with E-state index in [1.54, 1.807) is 55.6 Å². The van der Waals surface area contributed by atoms with E-state index in [9.17, 15) is 40.7 Å². The van der Waals surface area contributed by atoms with Gasteiger partial charge in [-0.25, -0.2) is 4.79 Å². The number of halogens is 6. The van der Waals surface area contributed by atoms with Gasteiger partial charge in [-0.3, -0.25) is 9.59 Å². The van der Waals surface area contributed by atoms with E-state index in [1.807, 2.05) is 20.8 Å². The number of ether oxygens (including phenoxy) is 1. The lowest BCUT2D eigenvalue weighted by Crippen LogP contribution is -2.54. The molecule has 3 N–H and O–H groups in total. The zero-order valence-electron chi connectivity index (χ0n) is 28.6. The summed E-state index contributed by atoms with van der Waals surface area (Å²) in [5.41, 5.74) is -5.01. The highest BCUT2D eigenvalue weighted by atomic mass is 32.1. The first-order valence-electron chi connectivity index (χ1n) is 14.1. The van der Waals surface area contributed by atoms with Crippen molar-refractivity contribution in [3.05, 3.63) is 29.3 Å². The third-order valence-electron chi connectivity index (χ3n) is 5.89. The van der Waals surface area contributed by atoms with Crippen molar-refractivity contribution in [2.75, 3.05) is 33.5 Å². The van der Waals surface area contributed by atoms with Gasteiger partial charge in [0, 0.05) is 33.9 Å². The SMILES string of the molecule is CN(C)C(=O)[C@@H](NC(=O)OC(C)(C)C)C(C)(C)C.CN(C)C(=O)[C@@H](NC(=S)Nc1cc(C(F)(F)F)cc(C(F)(F)F)c1)C(C)(C)C. The molecule has 0 spiro atoms. The molecule has 264 valence electrons. The van der Waals surface area contributed by atoms with E-state index in [4.69, 9.17) is 17.0 Å². The van der Waals surface area contributed by atoms with E-state index in [1.165, 1.54) is 23.9 Å². The molecule has 9 nitrogen and oxygen atoms in total. The molecule has 1 aromatic rings. The highest BCUT2D eigenvalue weighted by Gasteiger charge is 2.38. The lowest BCUT2D eigenvalue weighted by atomic mass is 9.86. The number of thiocarbonyl (C=S) groups is 1. The van der Waals surface area contributed by atoms with Gasteiger partial charge in [-0.1, -0.05) is 41.5 Å². The molecule has 0 aliphatic rings. The normalized spacial score (nSPS) is 13.7. The molecular formula is C30H47F6N5O4S. The number of carbonyl (C=O) groups excluding carboxylic acids is 3. The number of nitrogens with zero attached hydrogens (tertiary/aromatic N) is 2. The summed E-state index contributed by atoms with van der Waals surface area (Å²) in [7, 11) is 6.36. The Balaban J connectivity index is 0.000000973. The number of benzene rings is 1. The molecule has 0 unspecified atom stereocenters. The second-order valence-electron chi connectivity index (χ2n) is 14.1. The fourth-order valence-corrected chi connectivity index (χ4v) is 3.80. The third kappa shape index (κ3) is 14.9. The van der Waals surface area contributed by atoms with E-state index >= 15 is 0 Å². The van der Waals surface area contributed by atoms with Crippen molar-refractivity contribution in [2.24, 2.45) is 10.8 Å². The number of hydrogen-bond donors (Lipinski definition) is 3. The smallest absolute Gasteiger partial charge is 0.416 e. The number of anilines is 1. The first-order chi connectivity index (χ1) is 20.3. The van der Waals surface area contributed by atoms with Crippen molar-refractivity contribution in [1.82, 2.24) is 20.4 Å². The third-order valence-corrected chi connectivity index (χ3v) is 6.11. The summed E-state index contributed by atoms with van der Waals surface area (Å²) in [5.74, 6) is -0.495. The quantitative estimate of drug-likeness (QED) is 0.239. The summed E-state index contributed by atoms with van der Waals surface area (Å²) in [5, 5.41) is 7.35. The predicted octanol–water partition coefficient (Wildman–Crippen LogP) is 6.53. The summed E-state index contributed by atoms with van der Waals surface area (Å²) in [4.78, 5) is 38.9. The fourth-order valence-electron chi connectivity index (χ4n) is 3.56. The van der Waals surface area contributed by atoms with Gasteiger partial charge in [-0.15, -0.1) is 0 Å². The largest absolute Gasteiger partial charge is 0.444 e. The highest BCUT2D eigenvalue weighted by molar-refractivity contribution is 7.80. The van der Waals surface area contributed by atoms with Gasteiger partial charge in [0.2, 0.25) is 11.8 Å². The molecule has 0 radical (unpaired) electrons. The summed E-state index contributed by atoms with van der Waals surface area (Å²) in [6.45, 7) is 16.3. The van der Waals surface area contributed by atoms with Crippen LogP contribution in [0.25, 0.3) is 0 Å². The van der Waals surface area contributed by atoms with Crippen molar-refractivity contribution < 1.29 is 45.5 Å². The van der Waals surface area contributed by atoms with Crippen LogP contribution in [0.4, 0.5) is 36.8 Å². The second-order valence-corrected chi connectivity index (χ2v) is 14.5. The summed E-state index contributed by atoms with van der Waals surface area (Å²) in [6, 6.07) is -0.404. The Labute approximate surface area is 272 Å². The first kappa shape index (κ1) is 42.7. The van der Waals surface area contributed by atoms with Crippen LogP contribution in [0.2, 0.25) is 0 Å². The minimum Gasteiger partial charge on any atom is -0.444 e. The maximum absolute atomic E-state index is 12.9. The monoisotopic (exact) mass is 687 g/mol. The molecule has 1 rings (SSSR count). The van der Waals surface area contributed by atoms with Crippen LogP contribution in [0.1, 0.15) is 73.4 Å². The van der Waals surface area contributed by atoms with Gasteiger partial charge in [0.05, 0.1) is 11.1 Å². The maximum Gasteiger partial charge on any atom is 0.416 e. The Morgan fingerprint density at radius 3 is 1.30 bits per heavy atom. The Kier molecular flexibility index (Phi) is 14.4. The van der Waals surface area contributed by atoms with Crippen molar-refractivity contribution in [1.29, 1.82) is 0 Å². The van der Waals surface area contributed by atoms with Crippen LogP contribution in [-0.2, 0) is 26.7 Å². The number of likely N-dealkylation sites (N-methyl/N-ethyl adjacent to an activating group) is 2. The van der Waals surface area contributed by atoms with E-state index in [-0.39, 0.29) is 28.4 Å². The Morgan fingerprint density at radius 1 is 0.674 bits per heavy atom. The van der Waals surface area contributed by atoms with Gasteiger partial charge in [0.25, 0.3) is 0 Å². The summed E-state index contributed by atoms with van der Waals surface area (Å²) in [6.07, 6.45) is -10.5. The van der Waals surface area contributed by atoms with Crippen molar-refractivity contribution in [3.63, 3.8) is 0 Å². The van der Waals surface area contributed by atoms with Gasteiger partial charge < -0.3 is 30.5 Å². The van der Waals surface area contributed by atoms with E-state index in [0.717, 1.165) is 0 Å². The van der Waals surface area contributed by atoms with Crippen LogP contribution in [0.15, 0.2) is 18.2 Å². The standard InChI is InChI=1S/C17H21F6N3OS.C13H26N2O3/c1-15(2,3)12(13(27)26(4)5)25-14(28)24-11-7-9(16(18,19)20)6-10(8-11)17(21,22)23;1-12(2,3)9(10(16)15(7)8)14-11(17)18-13(4,5)6/h6-8,12H,1-5H3,(H2,24,25,28);9H,1-8H3,(H,14,17)/t12-;9-/m11/s1. The number of hydrogen-bond acceptors (Lipinski definition) is 5. The van der Waals surface area contributed by atoms with Crippen LogP contribution in [0.3, 0.4) is 0 Å². The molecule has 0 bridgehead atoms. The molecule has 16 heteroatoms. The van der Waals surface area contributed by atoms with Crippen molar-refractivity contribution in [3.8, 4) is 0 Å². The molecule has 0 fully saturated rings. The molecule has 2 atom stereocenters. The van der Waals surface area contributed by atoms with Gasteiger partial charge in [-0.05, 0) is 62.0 Å². The van der Waals surface area contributed by atoms with Crippen LogP contribution in [0, 0.1) is 10.8 Å². The predicted molar refractivity (Wildman–Crippen MR) is 169 cm³/mol. The number of carbonyl (C=O) groups is 3. The number of alkyl carbamates (subject to hydrolysis) is 1. The fraction of sp³-hybridized carbons (Fsp3) is 0.667. The lowest BCUT2D eigenvalue weighted by Gasteiger charge is -2.33. The molecule has 0 aliphatic heterocycles. The van der Waals surface area contributed by atoms with E-state index < -0.39 is 58.4 Å². The molecule has 1 aromatic carbocycles. The number of rotatable bonds is 5. The zero-order chi connectivity index (χ0) is 36.8. The van der Waals surface area contributed by atoms with Crippen LogP contribution < -0.4 is 16.0 Å². The van der Waals surface area contributed by atoms with Gasteiger partial charge in [0.15, 0.2) is 5.11 Å². The Morgan fingerprint density at radius 2 is 1.02 bits per heavy atom. The van der Waals surface area contributed by atoms with Crippen LogP contribution >= 0.6 is 12.2 Å². The highest BCUT2D eigenvalue weighted by Crippen LogP contribution is 2.37. The zero-order valence-corrected chi connectivity index (χ0v) is 29.4. The lowest BCUT2D eigenvalue weighted by molar-refractivity contribution is -0.143. The second kappa shape index (κ2) is 15.5. The average molecular weight is 688 g/mol. The summed E-state index contributed by atoms with van der Waals surface area (Å²) < 4.78 is 82.8. The topological polar surface area (TPSA) is 103 Å². The number of nitrogens with one attached hydrogen (secondary N) is 3. The Hall–Kier alpha value is -3.30. The number of alkyl halides is 6. The molecular weight excluding hydrogens is 640 g/mol. The van der Waals surface area contributed by atoms with Gasteiger partial charge in [-0.2, -0.15) is 26.3 Å². The minimum absolute atomic E-state index is 0.0230. The minimum atomic E-state index is -4.97. The van der Waals surface area contributed by atoms with E-state index in [2.05, 4.69) is 16.0 Å². The van der Waals surface area contributed by atoms with Crippen LogP contribution in [0.5, 0.6) is 0 Å². The molecule has 46 heavy (non-hydrogen) atoms. The first-order valence-corrected chi connectivity index (χ1v) is 14.5. The molecule has 0 saturated heterocycles. The molecule has 0 saturated carbocycles. The van der Waals surface area contributed by atoms with Gasteiger partial charge in [0.1, 0.15) is 17.7 Å². The molecule has 0 aromatic heterocycles.